The predicted molar refractivity (Wildman–Crippen MR) is 64.4 cm³/mol. The molecule has 0 amide bonds. The Balaban J connectivity index is 2.64. The lowest BCUT2D eigenvalue weighted by molar-refractivity contribution is -0.153. The molecule has 4 heteroatoms. The zero-order valence-corrected chi connectivity index (χ0v) is 10.7. The molecule has 1 heterocycles. The Kier molecular flexibility index (Phi) is 5.22. The summed E-state index contributed by atoms with van der Waals surface area (Å²) in [5.41, 5.74) is -0.432. The Hall–Kier alpha value is -0.610. The molecular weight excluding hydrogens is 204 g/mol. The molecule has 0 radical (unpaired) electrons. The molecule has 0 unspecified atom stereocenters. The minimum absolute atomic E-state index is 0.0726. The van der Waals surface area contributed by atoms with Crippen LogP contribution in [-0.2, 0) is 9.53 Å². The van der Waals surface area contributed by atoms with Crippen LogP contribution in [0.2, 0.25) is 0 Å². The highest BCUT2D eigenvalue weighted by atomic mass is 16.5. The van der Waals surface area contributed by atoms with E-state index in [9.17, 15) is 4.79 Å². The third-order valence-electron chi connectivity index (χ3n) is 3.22. The van der Waals surface area contributed by atoms with Gasteiger partial charge in [0.05, 0.1) is 6.61 Å². The van der Waals surface area contributed by atoms with Crippen LogP contribution >= 0.6 is 0 Å². The van der Waals surface area contributed by atoms with E-state index in [1.807, 2.05) is 6.92 Å². The third-order valence-corrected chi connectivity index (χ3v) is 3.22. The molecule has 0 atom stereocenters. The van der Waals surface area contributed by atoms with Crippen molar-refractivity contribution >= 4 is 5.97 Å². The Morgan fingerprint density at radius 1 is 1.38 bits per heavy atom. The van der Waals surface area contributed by atoms with E-state index in [0.717, 1.165) is 38.9 Å². The molecule has 94 valence electrons. The minimum atomic E-state index is -0.432. The van der Waals surface area contributed by atoms with Gasteiger partial charge in [0, 0.05) is 13.1 Å². The smallest absolute Gasteiger partial charge is 0.326 e. The van der Waals surface area contributed by atoms with Crippen LogP contribution in [0.4, 0.5) is 0 Å². The topological polar surface area (TPSA) is 41.6 Å². The molecule has 16 heavy (non-hydrogen) atoms. The quantitative estimate of drug-likeness (QED) is 0.713. The number of carbonyl (C=O) groups is 1. The summed E-state index contributed by atoms with van der Waals surface area (Å²) in [6.45, 7) is 7.22. The third kappa shape index (κ3) is 3.19. The second-order valence-corrected chi connectivity index (χ2v) is 4.53. The maximum Gasteiger partial charge on any atom is 0.326 e. The zero-order chi connectivity index (χ0) is 12.0. The standard InChI is InChI=1S/C12H24N2O2/c1-4-8-13-12(11(15)16-5-2)6-9-14(3)10-7-12/h13H,4-10H2,1-3H3. The summed E-state index contributed by atoms with van der Waals surface area (Å²) in [6.07, 6.45) is 2.74. The van der Waals surface area contributed by atoms with Crippen molar-refractivity contribution in [2.24, 2.45) is 0 Å². The van der Waals surface area contributed by atoms with Crippen LogP contribution in [0.25, 0.3) is 0 Å². The first kappa shape index (κ1) is 13.5. The van der Waals surface area contributed by atoms with Crippen LogP contribution in [0.5, 0.6) is 0 Å². The maximum atomic E-state index is 12.0. The van der Waals surface area contributed by atoms with Gasteiger partial charge in [-0.25, -0.2) is 0 Å². The van der Waals surface area contributed by atoms with Gasteiger partial charge in [-0.05, 0) is 39.8 Å². The number of esters is 1. The van der Waals surface area contributed by atoms with E-state index in [0.29, 0.717) is 6.61 Å². The number of hydrogen-bond acceptors (Lipinski definition) is 4. The van der Waals surface area contributed by atoms with Crippen molar-refractivity contribution in [2.45, 2.75) is 38.6 Å². The molecular formula is C12H24N2O2. The highest BCUT2D eigenvalue weighted by Gasteiger charge is 2.41. The first-order valence-corrected chi connectivity index (χ1v) is 6.25. The first-order valence-electron chi connectivity index (χ1n) is 6.25. The van der Waals surface area contributed by atoms with Gasteiger partial charge >= 0.3 is 5.97 Å². The Labute approximate surface area is 98.3 Å². The number of carbonyl (C=O) groups excluding carboxylic acids is 1. The van der Waals surface area contributed by atoms with Crippen LogP contribution in [0, 0.1) is 0 Å². The fourth-order valence-corrected chi connectivity index (χ4v) is 2.09. The minimum Gasteiger partial charge on any atom is -0.465 e. The summed E-state index contributed by atoms with van der Waals surface area (Å²) in [5.74, 6) is -0.0726. The van der Waals surface area contributed by atoms with E-state index in [2.05, 4.69) is 24.2 Å². The monoisotopic (exact) mass is 228 g/mol. The highest BCUT2D eigenvalue weighted by molar-refractivity contribution is 5.81. The van der Waals surface area contributed by atoms with Gasteiger partial charge in [-0.2, -0.15) is 0 Å². The summed E-state index contributed by atoms with van der Waals surface area (Å²) in [5, 5.41) is 3.39. The molecule has 1 aliphatic heterocycles. The molecule has 0 aromatic carbocycles. The van der Waals surface area contributed by atoms with Crippen LogP contribution < -0.4 is 5.32 Å². The van der Waals surface area contributed by atoms with Gasteiger partial charge in [0.2, 0.25) is 0 Å². The number of ether oxygens (including phenoxy) is 1. The van der Waals surface area contributed by atoms with Crippen molar-refractivity contribution in [1.29, 1.82) is 0 Å². The first-order chi connectivity index (χ1) is 7.64. The Morgan fingerprint density at radius 3 is 2.50 bits per heavy atom. The molecule has 0 bridgehead atoms. The number of rotatable bonds is 5. The van der Waals surface area contributed by atoms with Crippen molar-refractivity contribution in [3.05, 3.63) is 0 Å². The Morgan fingerprint density at radius 2 is 2.00 bits per heavy atom. The second kappa shape index (κ2) is 6.21. The normalized spacial score (nSPS) is 20.7. The van der Waals surface area contributed by atoms with Crippen LogP contribution in [-0.4, -0.2) is 49.7 Å². The summed E-state index contributed by atoms with van der Waals surface area (Å²) in [4.78, 5) is 14.3. The predicted octanol–water partition coefficient (Wildman–Crippen LogP) is 1.01. The molecule has 4 nitrogen and oxygen atoms in total. The highest BCUT2D eigenvalue weighted by Crippen LogP contribution is 2.23. The van der Waals surface area contributed by atoms with Gasteiger partial charge < -0.3 is 15.0 Å². The van der Waals surface area contributed by atoms with Gasteiger partial charge in [0.1, 0.15) is 5.54 Å². The fourth-order valence-electron chi connectivity index (χ4n) is 2.09. The maximum absolute atomic E-state index is 12.0. The second-order valence-electron chi connectivity index (χ2n) is 4.53. The van der Waals surface area contributed by atoms with E-state index >= 15 is 0 Å². The number of nitrogens with one attached hydrogen (secondary N) is 1. The summed E-state index contributed by atoms with van der Waals surface area (Å²) >= 11 is 0. The van der Waals surface area contributed by atoms with Crippen molar-refractivity contribution in [1.82, 2.24) is 10.2 Å². The van der Waals surface area contributed by atoms with Crippen molar-refractivity contribution in [2.75, 3.05) is 33.3 Å². The molecule has 1 rings (SSSR count). The molecule has 1 N–H and O–H groups in total. The Bertz CT molecular complexity index is 218. The summed E-state index contributed by atoms with van der Waals surface area (Å²) in [7, 11) is 2.09. The molecule has 1 aliphatic rings. The zero-order valence-electron chi connectivity index (χ0n) is 10.7. The van der Waals surface area contributed by atoms with E-state index in [4.69, 9.17) is 4.74 Å². The van der Waals surface area contributed by atoms with Crippen molar-refractivity contribution < 1.29 is 9.53 Å². The number of hydrogen-bond donors (Lipinski definition) is 1. The fraction of sp³-hybridized carbons (Fsp3) is 0.917. The van der Waals surface area contributed by atoms with Gasteiger partial charge in [0.15, 0.2) is 0 Å². The number of nitrogens with zero attached hydrogens (tertiary/aromatic N) is 1. The van der Waals surface area contributed by atoms with Crippen LogP contribution in [0.15, 0.2) is 0 Å². The van der Waals surface area contributed by atoms with E-state index in [1.54, 1.807) is 0 Å². The lowest BCUT2D eigenvalue weighted by Gasteiger charge is -2.39. The van der Waals surface area contributed by atoms with E-state index < -0.39 is 5.54 Å². The lowest BCUT2D eigenvalue weighted by atomic mass is 9.87. The van der Waals surface area contributed by atoms with E-state index in [-0.39, 0.29) is 5.97 Å². The van der Waals surface area contributed by atoms with Crippen molar-refractivity contribution in [3.63, 3.8) is 0 Å². The van der Waals surface area contributed by atoms with Crippen LogP contribution in [0.1, 0.15) is 33.1 Å². The largest absolute Gasteiger partial charge is 0.465 e. The van der Waals surface area contributed by atoms with Gasteiger partial charge in [-0.15, -0.1) is 0 Å². The lowest BCUT2D eigenvalue weighted by Crippen LogP contribution is -2.58. The average molecular weight is 228 g/mol. The SMILES string of the molecule is CCCNC1(C(=O)OCC)CCN(C)CC1. The average Bonchev–Trinajstić information content (AvgIpc) is 2.29. The van der Waals surface area contributed by atoms with E-state index in [1.165, 1.54) is 0 Å². The summed E-state index contributed by atoms with van der Waals surface area (Å²) in [6, 6.07) is 0. The van der Waals surface area contributed by atoms with Gasteiger partial charge in [-0.1, -0.05) is 6.92 Å². The number of likely N-dealkylation sites (tertiary alicyclic amines) is 1. The molecule has 0 aromatic rings. The summed E-state index contributed by atoms with van der Waals surface area (Å²) < 4.78 is 5.20. The van der Waals surface area contributed by atoms with Crippen LogP contribution in [0.3, 0.4) is 0 Å². The van der Waals surface area contributed by atoms with Crippen molar-refractivity contribution in [3.8, 4) is 0 Å². The molecule has 0 saturated carbocycles. The molecule has 0 aromatic heterocycles. The molecule has 1 fully saturated rings. The molecule has 1 saturated heterocycles. The number of piperidine rings is 1. The van der Waals surface area contributed by atoms with Gasteiger partial charge in [0.25, 0.3) is 0 Å². The van der Waals surface area contributed by atoms with Gasteiger partial charge in [-0.3, -0.25) is 4.79 Å². The molecule has 0 spiro atoms. The molecule has 0 aliphatic carbocycles.